The Labute approximate surface area is 124 Å². The summed E-state index contributed by atoms with van der Waals surface area (Å²) in [6.45, 7) is 6.81. The van der Waals surface area contributed by atoms with Gasteiger partial charge in [0.15, 0.2) is 0 Å². The highest BCUT2D eigenvalue weighted by Gasteiger charge is 2.13. The summed E-state index contributed by atoms with van der Waals surface area (Å²) in [4.78, 5) is 0. The van der Waals surface area contributed by atoms with Gasteiger partial charge in [-0.05, 0) is 37.8 Å². The standard InChI is InChI=1S/C18H31NO/c1-5-7-12-17(10-6-2)19-15(3)14-16-11-8-9-13-18(16)20-4/h8-9,11,13,15,17,19H,5-7,10,12,14H2,1-4H3. The van der Waals surface area contributed by atoms with Crippen LogP contribution >= 0.6 is 0 Å². The first kappa shape index (κ1) is 17.0. The molecule has 2 nitrogen and oxygen atoms in total. The van der Waals surface area contributed by atoms with Crippen LogP contribution in [0.5, 0.6) is 5.75 Å². The van der Waals surface area contributed by atoms with Crippen LogP contribution in [0.2, 0.25) is 0 Å². The third kappa shape index (κ3) is 5.96. The lowest BCUT2D eigenvalue weighted by Gasteiger charge is -2.23. The van der Waals surface area contributed by atoms with Crippen molar-refractivity contribution in [3.8, 4) is 5.75 Å². The van der Waals surface area contributed by atoms with Crippen LogP contribution in [0.4, 0.5) is 0 Å². The number of nitrogens with one attached hydrogen (secondary N) is 1. The monoisotopic (exact) mass is 277 g/mol. The van der Waals surface area contributed by atoms with Gasteiger partial charge >= 0.3 is 0 Å². The number of rotatable bonds is 10. The molecule has 0 aromatic heterocycles. The Hall–Kier alpha value is -1.02. The van der Waals surface area contributed by atoms with E-state index in [4.69, 9.17) is 4.74 Å². The van der Waals surface area contributed by atoms with Gasteiger partial charge in [0.25, 0.3) is 0 Å². The molecule has 0 fully saturated rings. The van der Waals surface area contributed by atoms with Gasteiger partial charge in [0.05, 0.1) is 7.11 Å². The normalized spacial score (nSPS) is 14.0. The van der Waals surface area contributed by atoms with E-state index in [-0.39, 0.29) is 0 Å². The van der Waals surface area contributed by atoms with Crippen molar-refractivity contribution in [2.24, 2.45) is 0 Å². The second-order valence-electron chi connectivity index (χ2n) is 5.71. The Morgan fingerprint density at radius 1 is 1.10 bits per heavy atom. The van der Waals surface area contributed by atoms with Crippen molar-refractivity contribution in [2.75, 3.05) is 7.11 Å². The first-order chi connectivity index (χ1) is 9.71. The first-order valence-corrected chi connectivity index (χ1v) is 8.09. The second kappa shape index (κ2) is 9.82. The van der Waals surface area contributed by atoms with E-state index in [0.717, 1.165) is 12.2 Å². The summed E-state index contributed by atoms with van der Waals surface area (Å²) in [6.07, 6.45) is 7.44. The van der Waals surface area contributed by atoms with Gasteiger partial charge in [-0.15, -0.1) is 0 Å². The molecule has 1 aromatic rings. The largest absolute Gasteiger partial charge is 0.496 e. The van der Waals surface area contributed by atoms with E-state index in [9.17, 15) is 0 Å². The summed E-state index contributed by atoms with van der Waals surface area (Å²) in [5, 5.41) is 3.80. The molecule has 0 spiro atoms. The molecule has 0 bridgehead atoms. The van der Waals surface area contributed by atoms with Gasteiger partial charge in [0.1, 0.15) is 5.75 Å². The highest BCUT2D eigenvalue weighted by atomic mass is 16.5. The molecular formula is C18H31NO. The molecule has 114 valence electrons. The zero-order valence-corrected chi connectivity index (χ0v) is 13.6. The molecule has 0 saturated carbocycles. The quantitative estimate of drug-likeness (QED) is 0.676. The van der Waals surface area contributed by atoms with Crippen LogP contribution in [0, 0.1) is 0 Å². The highest BCUT2D eigenvalue weighted by Crippen LogP contribution is 2.19. The molecule has 0 amide bonds. The van der Waals surface area contributed by atoms with Crippen molar-refractivity contribution in [1.29, 1.82) is 0 Å². The van der Waals surface area contributed by atoms with Crippen molar-refractivity contribution in [3.63, 3.8) is 0 Å². The van der Waals surface area contributed by atoms with Gasteiger partial charge in [-0.2, -0.15) is 0 Å². The summed E-state index contributed by atoms with van der Waals surface area (Å²) >= 11 is 0. The third-order valence-electron chi connectivity index (χ3n) is 3.78. The van der Waals surface area contributed by atoms with E-state index in [1.165, 1.54) is 37.7 Å². The molecule has 0 aliphatic carbocycles. The lowest BCUT2D eigenvalue weighted by Crippen LogP contribution is -2.37. The Kier molecular flexibility index (Phi) is 8.36. The van der Waals surface area contributed by atoms with E-state index in [2.05, 4.69) is 38.2 Å². The molecule has 2 heteroatoms. The second-order valence-corrected chi connectivity index (χ2v) is 5.71. The van der Waals surface area contributed by atoms with Crippen molar-refractivity contribution < 1.29 is 4.74 Å². The van der Waals surface area contributed by atoms with Crippen LogP contribution in [0.25, 0.3) is 0 Å². The van der Waals surface area contributed by atoms with E-state index >= 15 is 0 Å². The molecule has 1 aromatic carbocycles. The average molecular weight is 277 g/mol. The molecule has 0 aliphatic rings. The minimum atomic E-state index is 0.486. The molecule has 0 saturated heterocycles. The lowest BCUT2D eigenvalue weighted by molar-refractivity contribution is 0.379. The molecule has 1 rings (SSSR count). The lowest BCUT2D eigenvalue weighted by atomic mass is 10.0. The van der Waals surface area contributed by atoms with Gasteiger partial charge < -0.3 is 10.1 Å². The minimum Gasteiger partial charge on any atom is -0.496 e. The van der Waals surface area contributed by atoms with Crippen LogP contribution < -0.4 is 10.1 Å². The summed E-state index contributed by atoms with van der Waals surface area (Å²) in [5.74, 6) is 1.00. The van der Waals surface area contributed by atoms with Gasteiger partial charge in [0, 0.05) is 12.1 Å². The number of benzene rings is 1. The van der Waals surface area contributed by atoms with Crippen LogP contribution in [0.15, 0.2) is 24.3 Å². The fraction of sp³-hybridized carbons (Fsp3) is 0.667. The average Bonchev–Trinajstić information content (AvgIpc) is 2.45. The highest BCUT2D eigenvalue weighted by molar-refractivity contribution is 5.33. The van der Waals surface area contributed by atoms with Crippen LogP contribution in [-0.4, -0.2) is 19.2 Å². The molecular weight excluding hydrogens is 246 g/mol. The molecule has 2 unspecified atom stereocenters. The number of para-hydroxylation sites is 1. The van der Waals surface area contributed by atoms with Gasteiger partial charge in [-0.3, -0.25) is 0 Å². The predicted octanol–water partition coefficient (Wildman–Crippen LogP) is 4.57. The molecule has 1 N–H and O–H groups in total. The Morgan fingerprint density at radius 3 is 2.50 bits per heavy atom. The SMILES string of the molecule is CCCCC(CCC)NC(C)Cc1ccccc1OC. The number of hydrogen-bond acceptors (Lipinski definition) is 2. The zero-order chi connectivity index (χ0) is 14.8. The number of unbranched alkanes of at least 4 members (excludes halogenated alkanes) is 1. The fourth-order valence-corrected chi connectivity index (χ4v) is 2.77. The summed E-state index contributed by atoms with van der Waals surface area (Å²) in [7, 11) is 1.75. The van der Waals surface area contributed by atoms with Gasteiger partial charge in [-0.1, -0.05) is 51.3 Å². The number of methoxy groups -OCH3 is 1. The summed E-state index contributed by atoms with van der Waals surface area (Å²) < 4.78 is 5.44. The number of hydrogen-bond donors (Lipinski definition) is 1. The Balaban J connectivity index is 2.53. The Morgan fingerprint density at radius 2 is 1.85 bits per heavy atom. The van der Waals surface area contributed by atoms with Crippen LogP contribution in [-0.2, 0) is 6.42 Å². The minimum absolute atomic E-state index is 0.486. The van der Waals surface area contributed by atoms with Gasteiger partial charge in [-0.25, -0.2) is 0 Å². The topological polar surface area (TPSA) is 21.3 Å². The van der Waals surface area contributed by atoms with Crippen molar-refractivity contribution in [1.82, 2.24) is 5.32 Å². The molecule has 2 atom stereocenters. The summed E-state index contributed by atoms with van der Waals surface area (Å²) in [5.41, 5.74) is 1.29. The van der Waals surface area contributed by atoms with Crippen LogP contribution in [0.3, 0.4) is 0 Å². The summed E-state index contributed by atoms with van der Waals surface area (Å²) in [6, 6.07) is 9.47. The fourth-order valence-electron chi connectivity index (χ4n) is 2.77. The maximum Gasteiger partial charge on any atom is 0.122 e. The zero-order valence-electron chi connectivity index (χ0n) is 13.6. The van der Waals surface area contributed by atoms with E-state index in [0.29, 0.717) is 12.1 Å². The van der Waals surface area contributed by atoms with E-state index in [1.54, 1.807) is 7.11 Å². The van der Waals surface area contributed by atoms with Crippen molar-refractivity contribution in [2.45, 2.75) is 71.4 Å². The van der Waals surface area contributed by atoms with Crippen molar-refractivity contribution in [3.05, 3.63) is 29.8 Å². The van der Waals surface area contributed by atoms with E-state index < -0.39 is 0 Å². The maximum absolute atomic E-state index is 5.44. The third-order valence-corrected chi connectivity index (χ3v) is 3.78. The molecule has 0 radical (unpaired) electrons. The van der Waals surface area contributed by atoms with Crippen molar-refractivity contribution >= 4 is 0 Å². The van der Waals surface area contributed by atoms with E-state index in [1.807, 2.05) is 12.1 Å². The predicted molar refractivity (Wildman–Crippen MR) is 87.5 cm³/mol. The first-order valence-electron chi connectivity index (χ1n) is 8.09. The molecule has 20 heavy (non-hydrogen) atoms. The molecule has 0 aliphatic heterocycles. The number of ether oxygens (including phenoxy) is 1. The van der Waals surface area contributed by atoms with Gasteiger partial charge in [0.2, 0.25) is 0 Å². The molecule has 0 heterocycles. The Bertz CT molecular complexity index is 364. The van der Waals surface area contributed by atoms with Crippen LogP contribution in [0.1, 0.15) is 58.4 Å². The smallest absolute Gasteiger partial charge is 0.122 e. The maximum atomic E-state index is 5.44.